The highest BCUT2D eigenvalue weighted by atomic mass is 16.5. The van der Waals surface area contributed by atoms with Gasteiger partial charge in [0.25, 0.3) is 5.91 Å². The first kappa shape index (κ1) is 18.0. The molecule has 2 heterocycles. The van der Waals surface area contributed by atoms with Gasteiger partial charge in [0, 0.05) is 24.8 Å². The minimum Gasteiger partial charge on any atom is -0.497 e. The van der Waals surface area contributed by atoms with Crippen molar-refractivity contribution in [3.8, 4) is 5.75 Å². The van der Waals surface area contributed by atoms with Gasteiger partial charge < -0.3 is 15.0 Å². The Morgan fingerprint density at radius 3 is 2.79 bits per heavy atom. The molecule has 6 heteroatoms. The smallest absolute Gasteiger partial charge is 0.277 e. The molecule has 0 spiro atoms. The van der Waals surface area contributed by atoms with E-state index in [4.69, 9.17) is 4.74 Å². The quantitative estimate of drug-likeness (QED) is 0.738. The van der Waals surface area contributed by atoms with Crippen LogP contribution in [0.1, 0.15) is 28.0 Å². The van der Waals surface area contributed by atoms with Crippen LogP contribution in [0.4, 0.5) is 11.5 Å². The Bertz CT molecular complexity index is 972. The minimum atomic E-state index is -0.0953. The molecule has 1 amide bonds. The van der Waals surface area contributed by atoms with E-state index in [1.165, 1.54) is 11.9 Å². The fraction of sp³-hybridized carbons (Fsp3) is 0.227. The third-order valence-corrected chi connectivity index (χ3v) is 4.87. The number of rotatable bonds is 5. The summed E-state index contributed by atoms with van der Waals surface area (Å²) in [5.41, 5.74) is 3.67. The molecule has 1 aliphatic rings. The van der Waals surface area contributed by atoms with E-state index in [1.54, 1.807) is 13.2 Å². The largest absolute Gasteiger partial charge is 0.497 e. The first-order valence-corrected chi connectivity index (χ1v) is 9.33. The lowest BCUT2D eigenvalue weighted by Gasteiger charge is -2.29. The standard InChI is InChI=1S/C22H22N4O2/c1-28-18-10-8-16(9-11-18)14-23-21-13-19(24-15-25-21)22(27)26-12-4-6-17-5-2-3-7-20(17)26/h2-3,5,7-11,13,15H,4,6,12,14H2,1H3,(H,23,24,25). The van der Waals surface area contributed by atoms with E-state index in [2.05, 4.69) is 21.4 Å². The van der Waals surface area contributed by atoms with E-state index >= 15 is 0 Å². The van der Waals surface area contributed by atoms with Crippen molar-refractivity contribution in [3.63, 3.8) is 0 Å². The maximum Gasteiger partial charge on any atom is 0.277 e. The van der Waals surface area contributed by atoms with Gasteiger partial charge in [-0.1, -0.05) is 30.3 Å². The maximum absolute atomic E-state index is 13.1. The number of hydrogen-bond donors (Lipinski definition) is 1. The van der Waals surface area contributed by atoms with Crippen LogP contribution in [0.2, 0.25) is 0 Å². The number of fused-ring (bicyclic) bond motifs is 1. The fourth-order valence-electron chi connectivity index (χ4n) is 3.39. The van der Waals surface area contributed by atoms with Crippen LogP contribution in [0.3, 0.4) is 0 Å². The summed E-state index contributed by atoms with van der Waals surface area (Å²) in [5, 5.41) is 3.25. The number of carbonyl (C=O) groups excluding carboxylic acids is 1. The van der Waals surface area contributed by atoms with E-state index in [-0.39, 0.29) is 5.91 Å². The number of benzene rings is 2. The number of methoxy groups -OCH3 is 1. The lowest BCUT2D eigenvalue weighted by Crippen LogP contribution is -2.36. The number of nitrogens with one attached hydrogen (secondary N) is 1. The number of aromatic nitrogens is 2. The van der Waals surface area contributed by atoms with Crippen LogP contribution in [0, 0.1) is 0 Å². The lowest BCUT2D eigenvalue weighted by molar-refractivity contribution is 0.0980. The third kappa shape index (κ3) is 3.81. The van der Waals surface area contributed by atoms with Crippen molar-refractivity contribution >= 4 is 17.4 Å². The topological polar surface area (TPSA) is 67.3 Å². The van der Waals surface area contributed by atoms with Gasteiger partial charge in [-0.05, 0) is 42.2 Å². The van der Waals surface area contributed by atoms with Crippen molar-refractivity contribution in [2.24, 2.45) is 0 Å². The number of carbonyl (C=O) groups is 1. The zero-order valence-corrected chi connectivity index (χ0v) is 15.8. The van der Waals surface area contributed by atoms with Gasteiger partial charge in [-0.2, -0.15) is 0 Å². The van der Waals surface area contributed by atoms with Crippen LogP contribution in [0.15, 0.2) is 60.9 Å². The van der Waals surface area contributed by atoms with Gasteiger partial charge in [0.15, 0.2) is 0 Å². The number of nitrogens with zero attached hydrogens (tertiary/aromatic N) is 3. The summed E-state index contributed by atoms with van der Waals surface area (Å²) in [6, 6.07) is 17.6. The van der Waals surface area contributed by atoms with Crippen LogP contribution < -0.4 is 15.0 Å². The van der Waals surface area contributed by atoms with Crippen molar-refractivity contribution in [1.29, 1.82) is 0 Å². The van der Waals surface area contributed by atoms with E-state index in [9.17, 15) is 4.79 Å². The Hall–Kier alpha value is -3.41. The lowest BCUT2D eigenvalue weighted by atomic mass is 10.0. The fourth-order valence-corrected chi connectivity index (χ4v) is 3.39. The molecule has 0 unspecified atom stereocenters. The second-order valence-electron chi connectivity index (χ2n) is 6.68. The molecule has 0 atom stereocenters. The molecule has 0 bridgehead atoms. The van der Waals surface area contributed by atoms with Gasteiger partial charge >= 0.3 is 0 Å². The minimum absolute atomic E-state index is 0.0953. The van der Waals surface area contributed by atoms with Gasteiger partial charge in [0.05, 0.1) is 7.11 Å². The van der Waals surface area contributed by atoms with Crippen LogP contribution in [0.5, 0.6) is 5.75 Å². The van der Waals surface area contributed by atoms with Crippen LogP contribution >= 0.6 is 0 Å². The second kappa shape index (κ2) is 8.08. The maximum atomic E-state index is 13.1. The summed E-state index contributed by atoms with van der Waals surface area (Å²) < 4.78 is 5.17. The highest BCUT2D eigenvalue weighted by Crippen LogP contribution is 2.28. The van der Waals surface area contributed by atoms with Crippen molar-refractivity contribution in [1.82, 2.24) is 9.97 Å². The predicted molar refractivity (Wildman–Crippen MR) is 109 cm³/mol. The molecule has 28 heavy (non-hydrogen) atoms. The Kier molecular flexibility index (Phi) is 5.19. The van der Waals surface area contributed by atoms with E-state index in [0.717, 1.165) is 29.8 Å². The number of anilines is 2. The Balaban J connectivity index is 1.48. The zero-order chi connectivity index (χ0) is 19.3. The molecule has 1 aromatic heterocycles. The number of hydrogen-bond acceptors (Lipinski definition) is 5. The molecule has 0 fully saturated rings. The molecule has 0 radical (unpaired) electrons. The first-order valence-electron chi connectivity index (χ1n) is 9.33. The molecular formula is C22H22N4O2. The zero-order valence-electron chi connectivity index (χ0n) is 15.8. The second-order valence-corrected chi connectivity index (χ2v) is 6.68. The van der Waals surface area contributed by atoms with Crippen LogP contribution in [-0.2, 0) is 13.0 Å². The Morgan fingerprint density at radius 1 is 1.14 bits per heavy atom. The highest BCUT2D eigenvalue weighted by molar-refractivity contribution is 6.05. The summed E-state index contributed by atoms with van der Waals surface area (Å²) in [5.74, 6) is 1.35. The Labute approximate surface area is 164 Å². The summed E-state index contributed by atoms with van der Waals surface area (Å²) in [6.45, 7) is 1.30. The van der Waals surface area contributed by atoms with E-state index < -0.39 is 0 Å². The molecule has 142 valence electrons. The molecule has 3 aromatic rings. The van der Waals surface area contributed by atoms with Crippen molar-refractivity contribution in [3.05, 3.63) is 77.7 Å². The number of aryl methyl sites for hydroxylation is 1. The summed E-state index contributed by atoms with van der Waals surface area (Å²) in [6.07, 6.45) is 3.38. The molecule has 6 nitrogen and oxygen atoms in total. The highest BCUT2D eigenvalue weighted by Gasteiger charge is 2.24. The van der Waals surface area contributed by atoms with Crippen molar-refractivity contribution in [2.45, 2.75) is 19.4 Å². The number of ether oxygens (including phenoxy) is 1. The van der Waals surface area contributed by atoms with Gasteiger partial charge in [-0.25, -0.2) is 9.97 Å². The molecule has 1 aliphatic heterocycles. The van der Waals surface area contributed by atoms with Crippen LogP contribution in [-0.4, -0.2) is 29.5 Å². The number of para-hydroxylation sites is 1. The normalized spacial score (nSPS) is 13.0. The van der Waals surface area contributed by atoms with Gasteiger partial charge in [0.2, 0.25) is 0 Å². The molecule has 1 N–H and O–H groups in total. The van der Waals surface area contributed by atoms with Gasteiger partial charge in [0.1, 0.15) is 23.6 Å². The summed E-state index contributed by atoms with van der Waals surface area (Å²) >= 11 is 0. The van der Waals surface area contributed by atoms with E-state index in [1.807, 2.05) is 47.4 Å². The van der Waals surface area contributed by atoms with E-state index in [0.29, 0.717) is 24.6 Å². The molecular weight excluding hydrogens is 352 g/mol. The molecule has 4 rings (SSSR count). The van der Waals surface area contributed by atoms with Crippen molar-refractivity contribution in [2.75, 3.05) is 23.9 Å². The Morgan fingerprint density at radius 2 is 1.96 bits per heavy atom. The molecule has 2 aromatic carbocycles. The number of amides is 1. The predicted octanol–water partition coefficient (Wildman–Crippen LogP) is 3.69. The third-order valence-electron chi connectivity index (χ3n) is 4.87. The molecule has 0 saturated carbocycles. The monoisotopic (exact) mass is 374 g/mol. The molecule has 0 saturated heterocycles. The van der Waals surface area contributed by atoms with Crippen molar-refractivity contribution < 1.29 is 9.53 Å². The summed E-state index contributed by atoms with van der Waals surface area (Å²) in [4.78, 5) is 23.3. The summed E-state index contributed by atoms with van der Waals surface area (Å²) in [7, 11) is 1.65. The molecule has 0 aliphatic carbocycles. The van der Waals surface area contributed by atoms with Gasteiger partial charge in [-0.15, -0.1) is 0 Å². The first-order chi connectivity index (χ1) is 13.7. The SMILES string of the molecule is COc1ccc(CNc2cc(C(=O)N3CCCc4ccccc43)ncn2)cc1. The average Bonchev–Trinajstić information content (AvgIpc) is 2.77. The van der Waals surface area contributed by atoms with Gasteiger partial charge in [-0.3, -0.25) is 4.79 Å². The van der Waals surface area contributed by atoms with Crippen LogP contribution in [0.25, 0.3) is 0 Å². The average molecular weight is 374 g/mol.